The molecule has 0 saturated heterocycles. The molecular formula is C14H21N3O. The fourth-order valence-corrected chi connectivity index (χ4v) is 2.21. The maximum absolute atomic E-state index is 5.87. The van der Waals surface area contributed by atoms with Gasteiger partial charge in [-0.05, 0) is 31.7 Å². The van der Waals surface area contributed by atoms with Crippen LogP contribution in [-0.4, -0.2) is 23.6 Å². The molecule has 0 fully saturated rings. The molecule has 2 rings (SSSR count). The zero-order chi connectivity index (χ0) is 12.8. The van der Waals surface area contributed by atoms with Crippen molar-refractivity contribution in [3.63, 3.8) is 0 Å². The number of hydrogen-bond acceptors (Lipinski definition) is 4. The molecule has 0 radical (unpaired) electrons. The van der Waals surface area contributed by atoms with Gasteiger partial charge in [0.1, 0.15) is 6.33 Å². The molecule has 0 amide bonds. The maximum Gasteiger partial charge on any atom is 0.220 e. The fourth-order valence-electron chi connectivity index (χ4n) is 2.21. The molecule has 0 saturated carbocycles. The molecule has 1 aromatic rings. The lowest BCUT2D eigenvalue weighted by atomic mass is 9.85. The molecular weight excluding hydrogens is 226 g/mol. The first-order chi connectivity index (χ1) is 8.81. The molecule has 1 N–H and O–H groups in total. The van der Waals surface area contributed by atoms with E-state index in [4.69, 9.17) is 4.74 Å². The quantitative estimate of drug-likeness (QED) is 0.810. The summed E-state index contributed by atoms with van der Waals surface area (Å²) in [6, 6.07) is 0. The first-order valence-corrected chi connectivity index (χ1v) is 6.52. The van der Waals surface area contributed by atoms with Gasteiger partial charge in [-0.3, -0.25) is 0 Å². The van der Waals surface area contributed by atoms with Crippen molar-refractivity contribution in [3.05, 3.63) is 30.2 Å². The Bertz CT molecular complexity index is 406. The van der Waals surface area contributed by atoms with Crippen molar-refractivity contribution in [2.75, 3.05) is 13.7 Å². The zero-order valence-electron chi connectivity index (χ0n) is 11.1. The van der Waals surface area contributed by atoms with Gasteiger partial charge >= 0.3 is 0 Å². The van der Waals surface area contributed by atoms with Gasteiger partial charge in [-0.15, -0.1) is 0 Å². The summed E-state index contributed by atoms with van der Waals surface area (Å²) in [6.45, 7) is 3.75. The fraction of sp³-hybridized carbons (Fsp3) is 0.571. The van der Waals surface area contributed by atoms with Gasteiger partial charge in [-0.2, -0.15) is 0 Å². The number of allylic oxidation sites excluding steroid dienone is 2. The van der Waals surface area contributed by atoms with Gasteiger partial charge in [0, 0.05) is 18.3 Å². The summed E-state index contributed by atoms with van der Waals surface area (Å²) in [5.74, 6) is 1.98. The summed E-state index contributed by atoms with van der Waals surface area (Å²) < 4.78 is 5.87. The second-order valence-electron chi connectivity index (χ2n) is 4.87. The Morgan fingerprint density at radius 2 is 2.22 bits per heavy atom. The molecule has 1 aliphatic rings. The van der Waals surface area contributed by atoms with Crippen molar-refractivity contribution >= 4 is 0 Å². The normalized spacial score (nSPS) is 23.0. The molecule has 2 unspecified atom stereocenters. The number of rotatable bonds is 5. The molecule has 2 atom stereocenters. The Labute approximate surface area is 108 Å². The van der Waals surface area contributed by atoms with Crippen LogP contribution in [0, 0.1) is 11.8 Å². The van der Waals surface area contributed by atoms with Crippen LogP contribution in [-0.2, 0) is 6.54 Å². The highest BCUT2D eigenvalue weighted by atomic mass is 16.5. The molecule has 1 aromatic heterocycles. The van der Waals surface area contributed by atoms with E-state index in [9.17, 15) is 0 Å². The van der Waals surface area contributed by atoms with E-state index < -0.39 is 0 Å². The van der Waals surface area contributed by atoms with Crippen LogP contribution in [0.2, 0.25) is 0 Å². The van der Waals surface area contributed by atoms with Gasteiger partial charge in [-0.1, -0.05) is 19.1 Å². The molecule has 4 heteroatoms. The van der Waals surface area contributed by atoms with Crippen molar-refractivity contribution in [1.82, 2.24) is 15.3 Å². The molecule has 98 valence electrons. The Morgan fingerprint density at radius 1 is 1.39 bits per heavy atom. The lowest BCUT2D eigenvalue weighted by Gasteiger charge is -2.25. The van der Waals surface area contributed by atoms with Gasteiger partial charge in [0.2, 0.25) is 5.88 Å². The van der Waals surface area contributed by atoms with E-state index in [0.717, 1.165) is 31.6 Å². The van der Waals surface area contributed by atoms with Gasteiger partial charge < -0.3 is 10.1 Å². The number of hydrogen-bond donors (Lipinski definition) is 1. The predicted molar refractivity (Wildman–Crippen MR) is 71.3 cm³/mol. The lowest BCUT2D eigenvalue weighted by Crippen LogP contribution is -2.22. The highest BCUT2D eigenvalue weighted by Gasteiger charge is 2.19. The van der Waals surface area contributed by atoms with E-state index in [2.05, 4.69) is 34.4 Å². The molecule has 4 nitrogen and oxygen atoms in total. The third kappa shape index (κ3) is 3.29. The van der Waals surface area contributed by atoms with Crippen LogP contribution in [0.25, 0.3) is 0 Å². The number of nitrogens with zero attached hydrogens (tertiary/aromatic N) is 2. The first kappa shape index (κ1) is 13.0. The van der Waals surface area contributed by atoms with Gasteiger partial charge in [-0.25, -0.2) is 9.97 Å². The maximum atomic E-state index is 5.87. The highest BCUT2D eigenvalue weighted by Crippen LogP contribution is 2.26. The number of ether oxygens (including phenoxy) is 1. The third-order valence-electron chi connectivity index (χ3n) is 3.47. The Balaban J connectivity index is 1.95. The molecule has 0 aliphatic heterocycles. The van der Waals surface area contributed by atoms with E-state index in [-0.39, 0.29) is 0 Å². The molecule has 1 aliphatic carbocycles. The van der Waals surface area contributed by atoms with E-state index >= 15 is 0 Å². The van der Waals surface area contributed by atoms with Crippen molar-refractivity contribution in [1.29, 1.82) is 0 Å². The minimum absolute atomic E-state index is 0.590. The largest absolute Gasteiger partial charge is 0.477 e. The van der Waals surface area contributed by atoms with Crippen LogP contribution >= 0.6 is 0 Å². The number of nitrogens with one attached hydrogen (secondary N) is 1. The van der Waals surface area contributed by atoms with Crippen LogP contribution in [0.5, 0.6) is 5.88 Å². The highest BCUT2D eigenvalue weighted by molar-refractivity contribution is 5.21. The summed E-state index contributed by atoms with van der Waals surface area (Å²) >= 11 is 0. The van der Waals surface area contributed by atoms with E-state index in [1.165, 1.54) is 0 Å². The van der Waals surface area contributed by atoms with Crippen LogP contribution in [0.1, 0.15) is 25.3 Å². The Morgan fingerprint density at radius 3 is 3.00 bits per heavy atom. The molecule has 18 heavy (non-hydrogen) atoms. The zero-order valence-corrected chi connectivity index (χ0v) is 11.1. The monoisotopic (exact) mass is 247 g/mol. The molecule has 1 heterocycles. The summed E-state index contributed by atoms with van der Waals surface area (Å²) in [5.41, 5.74) is 1.01. The van der Waals surface area contributed by atoms with Crippen molar-refractivity contribution in [2.24, 2.45) is 11.8 Å². The third-order valence-corrected chi connectivity index (χ3v) is 3.47. The minimum Gasteiger partial charge on any atom is -0.477 e. The molecule has 0 bridgehead atoms. The predicted octanol–water partition coefficient (Wildman–Crippen LogP) is 2.18. The van der Waals surface area contributed by atoms with Crippen molar-refractivity contribution < 1.29 is 4.74 Å². The average molecular weight is 247 g/mol. The van der Waals surface area contributed by atoms with Crippen molar-refractivity contribution in [3.8, 4) is 5.88 Å². The van der Waals surface area contributed by atoms with Crippen LogP contribution < -0.4 is 10.1 Å². The summed E-state index contributed by atoms with van der Waals surface area (Å²) in [7, 11) is 1.91. The SMILES string of the molecule is CNCc1cncnc1OCC1CC=CCC1C. The average Bonchev–Trinajstić information content (AvgIpc) is 2.40. The van der Waals surface area contributed by atoms with Crippen LogP contribution in [0.15, 0.2) is 24.7 Å². The summed E-state index contributed by atoms with van der Waals surface area (Å²) in [5, 5.41) is 3.10. The summed E-state index contributed by atoms with van der Waals surface area (Å²) in [4.78, 5) is 8.25. The second kappa shape index (κ2) is 6.50. The Hall–Kier alpha value is -1.42. The standard InChI is InChI=1S/C14H21N3O/c1-11-5-3-4-6-12(11)9-18-14-13(7-15-2)8-16-10-17-14/h3-4,8,10-12,15H,5-7,9H2,1-2H3. The van der Waals surface area contributed by atoms with Crippen LogP contribution in [0.3, 0.4) is 0 Å². The summed E-state index contributed by atoms with van der Waals surface area (Å²) in [6.07, 6.45) is 10.1. The molecule has 0 aromatic carbocycles. The second-order valence-corrected chi connectivity index (χ2v) is 4.87. The van der Waals surface area contributed by atoms with Gasteiger partial charge in [0.05, 0.1) is 6.61 Å². The van der Waals surface area contributed by atoms with E-state index in [1.54, 1.807) is 6.33 Å². The van der Waals surface area contributed by atoms with Crippen LogP contribution in [0.4, 0.5) is 0 Å². The van der Waals surface area contributed by atoms with Gasteiger partial charge in [0.15, 0.2) is 0 Å². The first-order valence-electron chi connectivity index (χ1n) is 6.52. The topological polar surface area (TPSA) is 47.0 Å². The van der Waals surface area contributed by atoms with Crippen molar-refractivity contribution in [2.45, 2.75) is 26.3 Å². The smallest absolute Gasteiger partial charge is 0.220 e. The Kier molecular flexibility index (Phi) is 4.70. The van der Waals surface area contributed by atoms with E-state index in [1.807, 2.05) is 13.2 Å². The van der Waals surface area contributed by atoms with E-state index in [0.29, 0.717) is 17.7 Å². The lowest BCUT2D eigenvalue weighted by molar-refractivity contribution is 0.191. The minimum atomic E-state index is 0.590. The van der Waals surface area contributed by atoms with Gasteiger partial charge in [0.25, 0.3) is 0 Å². The molecule has 0 spiro atoms. The number of aromatic nitrogens is 2.